The third-order valence-corrected chi connectivity index (χ3v) is 4.66. The predicted octanol–water partition coefficient (Wildman–Crippen LogP) is 5.50. The number of ether oxygens (including phenoxy) is 2. The van der Waals surface area contributed by atoms with Crippen LogP contribution in [-0.4, -0.2) is 23.8 Å². The molecule has 0 saturated carbocycles. The van der Waals surface area contributed by atoms with Crippen molar-refractivity contribution in [2.24, 2.45) is 0 Å². The Bertz CT molecular complexity index is 1140. The highest BCUT2D eigenvalue weighted by molar-refractivity contribution is 5.80. The molecule has 4 nitrogen and oxygen atoms in total. The fourth-order valence-electron chi connectivity index (χ4n) is 3.19. The molecule has 1 aromatic heterocycles. The number of aromatic nitrogens is 2. The van der Waals surface area contributed by atoms with Crippen molar-refractivity contribution >= 4 is 0 Å². The second kappa shape index (κ2) is 7.75. The van der Waals surface area contributed by atoms with Gasteiger partial charge in [-0.1, -0.05) is 0 Å². The van der Waals surface area contributed by atoms with E-state index in [0.29, 0.717) is 17.1 Å². The monoisotopic (exact) mass is 392 g/mol. The van der Waals surface area contributed by atoms with Gasteiger partial charge >= 0.3 is 0 Å². The first-order valence-electron chi connectivity index (χ1n) is 8.92. The minimum atomic E-state index is -0.668. The van der Waals surface area contributed by atoms with Crippen molar-refractivity contribution in [3.63, 3.8) is 0 Å². The summed E-state index contributed by atoms with van der Waals surface area (Å²) in [7, 11) is 3.19. The van der Waals surface area contributed by atoms with Gasteiger partial charge in [0.25, 0.3) is 0 Å². The number of rotatable bonds is 5. The summed E-state index contributed by atoms with van der Waals surface area (Å²) in [4.78, 5) is 4.53. The van der Waals surface area contributed by atoms with Gasteiger partial charge in [-0.25, -0.2) is 13.8 Å². The largest absolute Gasteiger partial charge is 0.497 e. The second-order valence-electron chi connectivity index (χ2n) is 6.36. The van der Waals surface area contributed by atoms with Crippen LogP contribution in [0.3, 0.4) is 0 Å². The van der Waals surface area contributed by atoms with Crippen LogP contribution < -0.4 is 9.47 Å². The molecule has 146 valence electrons. The molecule has 4 aromatic rings. The van der Waals surface area contributed by atoms with Crippen molar-refractivity contribution in [3.05, 3.63) is 84.7 Å². The highest BCUT2D eigenvalue weighted by Crippen LogP contribution is 2.35. The van der Waals surface area contributed by atoms with Gasteiger partial charge in [-0.05, 0) is 60.7 Å². The summed E-state index contributed by atoms with van der Waals surface area (Å²) in [5, 5.41) is 0. The summed E-state index contributed by atoms with van der Waals surface area (Å²) in [5.41, 5.74) is 3.23. The fraction of sp³-hybridized carbons (Fsp3) is 0.0870. The number of hydrogen-bond acceptors (Lipinski definition) is 3. The number of nitrogens with zero attached hydrogens (tertiary/aromatic N) is 2. The molecule has 0 saturated heterocycles. The number of methoxy groups -OCH3 is 2. The first-order valence-corrected chi connectivity index (χ1v) is 8.92. The zero-order chi connectivity index (χ0) is 20.4. The van der Waals surface area contributed by atoms with Gasteiger partial charge in [0.15, 0.2) is 0 Å². The van der Waals surface area contributed by atoms with E-state index in [2.05, 4.69) is 4.98 Å². The summed E-state index contributed by atoms with van der Waals surface area (Å²) < 4.78 is 40.0. The van der Waals surface area contributed by atoms with Crippen LogP contribution >= 0.6 is 0 Å². The van der Waals surface area contributed by atoms with Gasteiger partial charge in [0, 0.05) is 17.2 Å². The van der Waals surface area contributed by atoms with Crippen molar-refractivity contribution in [1.82, 2.24) is 9.55 Å². The van der Waals surface area contributed by atoms with E-state index >= 15 is 0 Å². The molecule has 0 unspecified atom stereocenters. The third-order valence-electron chi connectivity index (χ3n) is 4.66. The second-order valence-corrected chi connectivity index (χ2v) is 6.36. The van der Waals surface area contributed by atoms with E-state index in [9.17, 15) is 8.78 Å². The van der Waals surface area contributed by atoms with E-state index in [-0.39, 0.29) is 5.69 Å². The average Bonchev–Trinajstić information content (AvgIpc) is 3.18. The van der Waals surface area contributed by atoms with Crippen molar-refractivity contribution in [2.75, 3.05) is 14.2 Å². The summed E-state index contributed by atoms with van der Waals surface area (Å²) in [6.07, 6.45) is 1.54. The lowest BCUT2D eigenvalue weighted by Gasteiger charge is -2.12. The molecule has 1 heterocycles. The zero-order valence-electron chi connectivity index (χ0n) is 15.9. The van der Waals surface area contributed by atoms with Gasteiger partial charge in [-0.2, -0.15) is 0 Å². The maximum atomic E-state index is 14.5. The standard InChI is InChI=1S/C23H18F2N2O2/c1-28-18-8-3-15(4-9-18)22-23(16-5-10-19(29-2)11-6-16)27(14-26-22)21-12-7-17(24)13-20(21)25/h3-14H,1-2H3. The number of imidazole rings is 1. The molecule has 0 radical (unpaired) electrons. The van der Waals surface area contributed by atoms with Crippen LogP contribution in [0.1, 0.15) is 0 Å². The van der Waals surface area contributed by atoms with Crippen molar-refractivity contribution in [1.29, 1.82) is 0 Å². The molecule has 0 N–H and O–H groups in total. The number of halogens is 2. The topological polar surface area (TPSA) is 36.3 Å². The Morgan fingerprint density at radius 2 is 1.34 bits per heavy atom. The van der Waals surface area contributed by atoms with E-state index in [1.54, 1.807) is 18.8 Å². The highest BCUT2D eigenvalue weighted by atomic mass is 19.1. The first kappa shape index (κ1) is 18.7. The summed E-state index contributed by atoms with van der Waals surface area (Å²) >= 11 is 0. The Morgan fingerprint density at radius 1 is 0.759 bits per heavy atom. The molecule has 0 aliphatic rings. The fourth-order valence-corrected chi connectivity index (χ4v) is 3.19. The molecule has 0 aliphatic carbocycles. The van der Waals surface area contributed by atoms with Gasteiger partial charge in [-0.3, -0.25) is 4.57 Å². The molecule has 0 atom stereocenters. The van der Waals surface area contributed by atoms with Gasteiger partial charge in [-0.15, -0.1) is 0 Å². The minimum absolute atomic E-state index is 0.212. The van der Waals surface area contributed by atoms with E-state index < -0.39 is 11.6 Å². The Balaban J connectivity index is 1.92. The third kappa shape index (κ3) is 3.57. The van der Waals surface area contributed by atoms with E-state index in [4.69, 9.17) is 9.47 Å². The Morgan fingerprint density at radius 3 is 1.90 bits per heavy atom. The maximum Gasteiger partial charge on any atom is 0.150 e. The SMILES string of the molecule is COc1ccc(-c2ncn(-c3ccc(F)cc3F)c2-c2ccc(OC)cc2)cc1. The lowest BCUT2D eigenvalue weighted by Crippen LogP contribution is -2.00. The molecule has 0 spiro atoms. The van der Waals surface area contributed by atoms with Crippen molar-refractivity contribution < 1.29 is 18.3 Å². The summed E-state index contributed by atoms with van der Waals surface area (Å²) in [6, 6.07) is 18.3. The Hall–Kier alpha value is -3.67. The minimum Gasteiger partial charge on any atom is -0.497 e. The average molecular weight is 392 g/mol. The van der Waals surface area contributed by atoms with Gasteiger partial charge in [0.1, 0.15) is 29.5 Å². The van der Waals surface area contributed by atoms with Crippen molar-refractivity contribution in [3.8, 4) is 39.7 Å². The maximum absolute atomic E-state index is 14.5. The van der Waals surface area contributed by atoms with Gasteiger partial charge < -0.3 is 9.47 Å². The van der Waals surface area contributed by atoms with Gasteiger partial charge in [0.2, 0.25) is 0 Å². The number of benzene rings is 3. The lowest BCUT2D eigenvalue weighted by molar-refractivity contribution is 0.414. The lowest BCUT2D eigenvalue weighted by atomic mass is 10.0. The van der Waals surface area contributed by atoms with E-state index in [0.717, 1.165) is 22.9 Å². The highest BCUT2D eigenvalue weighted by Gasteiger charge is 2.18. The molecular formula is C23H18F2N2O2. The van der Waals surface area contributed by atoms with Crippen LogP contribution in [0, 0.1) is 11.6 Å². The molecule has 0 amide bonds. The van der Waals surface area contributed by atoms with Crippen LogP contribution in [0.2, 0.25) is 0 Å². The molecule has 0 bridgehead atoms. The quantitative estimate of drug-likeness (QED) is 0.450. The van der Waals surface area contributed by atoms with Gasteiger partial charge in [0.05, 0.1) is 31.3 Å². The summed E-state index contributed by atoms with van der Waals surface area (Å²) in [6.45, 7) is 0. The van der Waals surface area contributed by atoms with Crippen LogP contribution in [-0.2, 0) is 0 Å². The van der Waals surface area contributed by atoms with Crippen LogP contribution in [0.5, 0.6) is 11.5 Å². The molecule has 6 heteroatoms. The van der Waals surface area contributed by atoms with Crippen molar-refractivity contribution in [2.45, 2.75) is 0 Å². The Kier molecular flexibility index (Phi) is 4.99. The molecule has 0 fully saturated rings. The normalized spacial score (nSPS) is 10.8. The van der Waals surface area contributed by atoms with Crippen LogP contribution in [0.25, 0.3) is 28.2 Å². The van der Waals surface area contributed by atoms with Crippen LogP contribution in [0.15, 0.2) is 73.1 Å². The Labute approximate surface area is 167 Å². The molecule has 29 heavy (non-hydrogen) atoms. The molecular weight excluding hydrogens is 374 g/mol. The molecule has 3 aromatic carbocycles. The number of hydrogen-bond donors (Lipinski definition) is 0. The first-order chi connectivity index (χ1) is 14.1. The predicted molar refractivity (Wildman–Crippen MR) is 107 cm³/mol. The zero-order valence-corrected chi connectivity index (χ0v) is 15.9. The summed E-state index contributed by atoms with van der Waals surface area (Å²) in [5.74, 6) is 0.133. The molecule has 0 aliphatic heterocycles. The van der Waals surface area contributed by atoms with Crippen LogP contribution in [0.4, 0.5) is 8.78 Å². The smallest absolute Gasteiger partial charge is 0.150 e. The van der Waals surface area contributed by atoms with E-state index in [1.165, 1.54) is 18.5 Å². The van der Waals surface area contributed by atoms with E-state index in [1.807, 2.05) is 48.5 Å². The molecule has 4 rings (SSSR count).